The lowest BCUT2D eigenvalue weighted by molar-refractivity contribution is -0.149. The molecule has 0 saturated carbocycles. The summed E-state index contributed by atoms with van der Waals surface area (Å²) >= 11 is -2.42. The van der Waals surface area contributed by atoms with E-state index in [9.17, 15) is 33.0 Å². The van der Waals surface area contributed by atoms with Crippen molar-refractivity contribution in [2.24, 2.45) is 5.41 Å². The number of anilines is 2. The van der Waals surface area contributed by atoms with Crippen molar-refractivity contribution < 1.29 is 37.8 Å². The van der Waals surface area contributed by atoms with Crippen LogP contribution in [0.3, 0.4) is 0 Å². The van der Waals surface area contributed by atoms with Gasteiger partial charge in [-0.3, -0.25) is 29.2 Å². The van der Waals surface area contributed by atoms with Gasteiger partial charge in [-0.25, -0.2) is 9.00 Å². The first-order valence-corrected chi connectivity index (χ1v) is 14.4. The smallest absolute Gasteiger partial charge is 0.328 e. The SMILES string of the molecule is COc1c(C(=O)Nc2ccc(CN(C(C)C(C)(C)C(=O)O)S(=O)O)cc2)cc(N2CCC(=O)NC2=O)cc1C(C)(C)C. The standard InChI is InChI=1S/C29H38N4O8S/c1-17(29(5,6)26(36)37)33(42(39)40)16-18-8-10-19(11-9-18)30-25(35)21-14-20(32-13-12-23(34)31-27(32)38)15-22(24(21)41-7)28(2,3)4/h8-11,14-15,17H,12-13,16H2,1-7H3,(H,30,35)(H,36,37)(H,39,40)(H,31,34,38). The third kappa shape index (κ3) is 7.15. The summed E-state index contributed by atoms with van der Waals surface area (Å²) in [7, 11) is 1.46. The Balaban J connectivity index is 1.90. The molecule has 12 nitrogen and oxygen atoms in total. The number of carboxylic acid groups (broad SMARTS) is 1. The summed E-state index contributed by atoms with van der Waals surface area (Å²) < 4.78 is 28.7. The van der Waals surface area contributed by atoms with Crippen LogP contribution in [0, 0.1) is 5.41 Å². The van der Waals surface area contributed by atoms with Crippen LogP contribution in [-0.2, 0) is 32.8 Å². The number of aliphatic carboxylic acids is 1. The van der Waals surface area contributed by atoms with Crippen LogP contribution in [0.1, 0.15) is 69.4 Å². The summed E-state index contributed by atoms with van der Waals surface area (Å²) in [5.74, 6) is -1.59. The number of urea groups is 1. The fraction of sp³-hybridized carbons (Fsp3) is 0.448. The molecule has 2 unspecified atom stereocenters. The molecule has 3 rings (SSSR count). The summed E-state index contributed by atoms with van der Waals surface area (Å²) in [6, 6.07) is 8.58. The first-order valence-electron chi connectivity index (χ1n) is 13.3. The summed E-state index contributed by atoms with van der Waals surface area (Å²) in [5, 5.41) is 14.7. The van der Waals surface area contributed by atoms with Crippen LogP contribution in [-0.4, -0.2) is 61.7 Å². The minimum absolute atomic E-state index is 0.000423. The number of nitrogens with one attached hydrogen (secondary N) is 2. The molecular weight excluding hydrogens is 564 g/mol. The van der Waals surface area contributed by atoms with Crippen LogP contribution < -0.4 is 20.3 Å². The van der Waals surface area contributed by atoms with Crippen molar-refractivity contribution in [1.29, 1.82) is 0 Å². The predicted octanol–water partition coefficient (Wildman–Crippen LogP) is 4.13. The highest BCUT2D eigenvalue weighted by molar-refractivity contribution is 7.76. The van der Waals surface area contributed by atoms with Crippen LogP contribution in [0.2, 0.25) is 0 Å². The first-order chi connectivity index (χ1) is 19.5. The zero-order valence-corrected chi connectivity index (χ0v) is 25.6. The van der Waals surface area contributed by atoms with Gasteiger partial charge in [-0.05, 0) is 56.0 Å². The molecule has 0 radical (unpaired) electrons. The predicted molar refractivity (Wildman–Crippen MR) is 159 cm³/mol. The Morgan fingerprint density at radius 1 is 1.14 bits per heavy atom. The highest BCUT2D eigenvalue weighted by Crippen LogP contribution is 2.38. The number of hydrogen-bond donors (Lipinski definition) is 4. The number of methoxy groups -OCH3 is 1. The fourth-order valence-corrected chi connectivity index (χ4v) is 5.26. The quantitative estimate of drug-likeness (QED) is 0.295. The maximum atomic E-state index is 13.6. The molecule has 1 aliphatic rings. The molecule has 0 aliphatic carbocycles. The first kappa shape index (κ1) is 32.7. The van der Waals surface area contributed by atoms with Gasteiger partial charge in [-0.15, -0.1) is 0 Å². The van der Waals surface area contributed by atoms with Crippen molar-refractivity contribution >= 4 is 46.5 Å². The van der Waals surface area contributed by atoms with Crippen molar-refractivity contribution in [2.45, 2.75) is 66.0 Å². The van der Waals surface area contributed by atoms with E-state index >= 15 is 0 Å². The molecule has 42 heavy (non-hydrogen) atoms. The van der Waals surface area contributed by atoms with Gasteiger partial charge in [-0.1, -0.05) is 32.9 Å². The summed E-state index contributed by atoms with van der Waals surface area (Å²) in [6.45, 7) is 10.6. The molecule has 1 aliphatic heterocycles. The van der Waals surface area contributed by atoms with Gasteiger partial charge in [0.15, 0.2) is 0 Å². The van der Waals surface area contributed by atoms with E-state index in [0.717, 1.165) is 0 Å². The Hall–Kier alpha value is -3.81. The topological polar surface area (TPSA) is 166 Å². The minimum atomic E-state index is -2.42. The van der Waals surface area contributed by atoms with Gasteiger partial charge in [0.05, 0.1) is 18.1 Å². The van der Waals surface area contributed by atoms with Crippen molar-refractivity contribution in [3.05, 3.63) is 53.1 Å². The molecule has 2 aromatic rings. The van der Waals surface area contributed by atoms with Gasteiger partial charge in [0, 0.05) is 42.5 Å². The van der Waals surface area contributed by atoms with Gasteiger partial charge < -0.3 is 15.2 Å². The molecule has 1 heterocycles. The third-order valence-corrected chi connectivity index (χ3v) is 8.32. The molecular formula is C29H38N4O8S. The van der Waals surface area contributed by atoms with Crippen molar-refractivity contribution in [1.82, 2.24) is 9.62 Å². The Kier molecular flexibility index (Phi) is 9.81. The zero-order chi connectivity index (χ0) is 31.6. The van der Waals surface area contributed by atoms with E-state index in [1.54, 1.807) is 43.3 Å². The van der Waals surface area contributed by atoms with E-state index in [1.165, 1.54) is 30.2 Å². The van der Waals surface area contributed by atoms with Gasteiger partial charge in [-0.2, -0.15) is 4.31 Å². The van der Waals surface area contributed by atoms with Crippen LogP contribution in [0.25, 0.3) is 0 Å². The second kappa shape index (κ2) is 12.6. The molecule has 4 N–H and O–H groups in total. The molecule has 4 amide bonds. The molecule has 1 fully saturated rings. The number of rotatable bonds is 10. The second-order valence-electron chi connectivity index (χ2n) is 11.7. The number of carbonyl (C=O) groups is 4. The molecule has 2 atom stereocenters. The number of ether oxygens (including phenoxy) is 1. The van der Waals surface area contributed by atoms with Gasteiger partial charge in [0.25, 0.3) is 5.91 Å². The lowest BCUT2D eigenvalue weighted by atomic mass is 9.84. The maximum Gasteiger partial charge on any atom is 0.328 e. The minimum Gasteiger partial charge on any atom is -0.496 e. The summed E-state index contributed by atoms with van der Waals surface area (Å²) in [5.41, 5.74) is 0.667. The lowest BCUT2D eigenvalue weighted by Gasteiger charge is -2.34. The highest BCUT2D eigenvalue weighted by Gasteiger charge is 2.39. The number of carbonyl (C=O) groups excluding carboxylic acids is 3. The van der Waals surface area contributed by atoms with Crippen LogP contribution in [0.5, 0.6) is 5.75 Å². The van der Waals surface area contributed by atoms with Crippen molar-refractivity contribution in [3.8, 4) is 5.75 Å². The average Bonchev–Trinajstić information content (AvgIpc) is 2.90. The molecule has 13 heteroatoms. The molecule has 0 aromatic heterocycles. The molecule has 228 valence electrons. The van der Waals surface area contributed by atoms with E-state index in [4.69, 9.17) is 4.74 Å². The number of imide groups is 1. The zero-order valence-electron chi connectivity index (χ0n) is 24.8. The number of hydrogen-bond acceptors (Lipinski definition) is 6. The Bertz CT molecular complexity index is 1400. The molecule has 0 spiro atoms. The van der Waals surface area contributed by atoms with Crippen LogP contribution >= 0.6 is 0 Å². The van der Waals surface area contributed by atoms with Gasteiger partial charge in [0.2, 0.25) is 17.2 Å². The number of nitrogens with zero attached hydrogens (tertiary/aromatic N) is 2. The average molecular weight is 603 g/mol. The van der Waals surface area contributed by atoms with Gasteiger partial charge >= 0.3 is 12.0 Å². The van der Waals surface area contributed by atoms with E-state index < -0.39 is 46.0 Å². The number of carboxylic acids is 1. The molecule has 1 saturated heterocycles. The van der Waals surface area contributed by atoms with E-state index in [1.807, 2.05) is 20.8 Å². The Labute approximate surface area is 247 Å². The van der Waals surface area contributed by atoms with E-state index in [0.29, 0.717) is 28.3 Å². The fourth-order valence-electron chi connectivity index (χ4n) is 4.46. The molecule has 2 aromatic carbocycles. The summed E-state index contributed by atoms with van der Waals surface area (Å²) in [6.07, 6.45) is 0.129. The monoisotopic (exact) mass is 602 g/mol. The Morgan fingerprint density at radius 3 is 2.26 bits per heavy atom. The third-order valence-electron chi connectivity index (χ3n) is 7.47. The normalized spacial score (nSPS) is 15.7. The van der Waals surface area contributed by atoms with E-state index in [2.05, 4.69) is 10.6 Å². The van der Waals surface area contributed by atoms with Crippen LogP contribution in [0.15, 0.2) is 36.4 Å². The van der Waals surface area contributed by atoms with Crippen molar-refractivity contribution in [2.75, 3.05) is 23.9 Å². The number of amides is 4. The molecule has 0 bridgehead atoms. The van der Waals surface area contributed by atoms with Gasteiger partial charge in [0.1, 0.15) is 5.75 Å². The van der Waals surface area contributed by atoms with E-state index in [-0.39, 0.29) is 31.0 Å². The van der Waals surface area contributed by atoms with Crippen LogP contribution in [0.4, 0.5) is 16.2 Å². The largest absolute Gasteiger partial charge is 0.496 e. The highest BCUT2D eigenvalue weighted by atomic mass is 32.2. The second-order valence-corrected chi connectivity index (χ2v) is 12.7. The number of benzene rings is 2. The lowest BCUT2D eigenvalue weighted by Crippen LogP contribution is -2.49. The maximum absolute atomic E-state index is 13.6. The summed E-state index contributed by atoms with van der Waals surface area (Å²) in [4.78, 5) is 50.9. The van der Waals surface area contributed by atoms with Crippen molar-refractivity contribution in [3.63, 3.8) is 0 Å². The Morgan fingerprint density at radius 2 is 1.76 bits per heavy atom.